The molecule has 0 fully saturated rings. The van der Waals surface area contributed by atoms with Crippen LogP contribution in [0, 0.1) is 0 Å². The van der Waals surface area contributed by atoms with Gasteiger partial charge in [0.25, 0.3) is 0 Å². The average Bonchev–Trinajstić information content (AvgIpc) is 3.84. The Morgan fingerprint density at radius 1 is 0.344 bits per heavy atom. The van der Waals surface area contributed by atoms with Crippen molar-refractivity contribution in [2.75, 3.05) is 0 Å². The molecule has 0 unspecified atom stereocenters. The highest BCUT2D eigenvalue weighted by Gasteiger charge is 2.24. The third-order valence-corrected chi connectivity index (χ3v) is 11.7. The van der Waals surface area contributed by atoms with Crippen LogP contribution in [0.3, 0.4) is 0 Å². The lowest BCUT2D eigenvalue weighted by Crippen LogP contribution is -2.55. The lowest BCUT2D eigenvalue weighted by molar-refractivity contribution is 0.953. The summed E-state index contributed by atoms with van der Waals surface area (Å²) in [5, 5.41) is 4.30. The van der Waals surface area contributed by atoms with Crippen molar-refractivity contribution in [1.29, 1.82) is 0 Å². The van der Waals surface area contributed by atoms with Crippen molar-refractivity contribution in [3.8, 4) is 56.7 Å². The minimum absolute atomic E-state index is 0.172. The molecule has 3 heterocycles. The van der Waals surface area contributed by atoms with Gasteiger partial charge in [0.1, 0.15) is 39.2 Å². The molecule has 0 saturated heterocycles. The standard InChI is InChI=1S/C51H28B5N5/c52-42-41(43(53)45(55)46(56)44(42)54)35-25-24-32(28-38(35)29-14-4-1-5-15-29)60-39-22-12-10-20-33(39)36-26-27-37-34-21-11-13-23-40(34)61(48(37)47(36)60)51-58-49(30-16-6-2-7-17-30)57-50(59-51)31-18-8-3-9-19-31/h1-28H. The lowest BCUT2D eigenvalue weighted by Gasteiger charge is -2.24. The van der Waals surface area contributed by atoms with Gasteiger partial charge >= 0.3 is 0 Å². The zero-order chi connectivity index (χ0) is 41.4. The second-order valence-corrected chi connectivity index (χ2v) is 15.1. The minimum atomic E-state index is 0.172. The summed E-state index contributed by atoms with van der Waals surface area (Å²) in [5.74, 6) is 1.66. The fraction of sp³-hybridized carbons (Fsp3) is 0. The quantitative estimate of drug-likeness (QED) is 0.177. The van der Waals surface area contributed by atoms with Crippen molar-refractivity contribution < 1.29 is 0 Å². The summed E-state index contributed by atoms with van der Waals surface area (Å²) in [6.07, 6.45) is 0. The molecule has 5 nitrogen and oxygen atoms in total. The first-order valence-electron chi connectivity index (χ1n) is 19.9. The number of hydrogen-bond donors (Lipinski definition) is 0. The topological polar surface area (TPSA) is 48.5 Å². The van der Waals surface area contributed by atoms with Crippen LogP contribution in [-0.4, -0.2) is 63.3 Å². The molecule has 61 heavy (non-hydrogen) atoms. The Bertz CT molecular complexity index is 3440. The number of hydrogen-bond acceptors (Lipinski definition) is 3. The van der Waals surface area contributed by atoms with Crippen molar-refractivity contribution in [2.45, 2.75) is 0 Å². The monoisotopic (exact) mass is 765 g/mol. The highest BCUT2D eigenvalue weighted by Crippen LogP contribution is 2.43. The van der Waals surface area contributed by atoms with E-state index in [2.05, 4.69) is 94.1 Å². The van der Waals surface area contributed by atoms with Crippen LogP contribution in [0.4, 0.5) is 0 Å². The lowest BCUT2D eigenvalue weighted by atomic mass is 9.59. The molecule has 0 aliphatic heterocycles. The Hall–Kier alpha value is -7.31. The zero-order valence-corrected chi connectivity index (χ0v) is 32.8. The maximum atomic E-state index is 6.72. The fourth-order valence-corrected chi connectivity index (χ4v) is 8.76. The average molecular weight is 765 g/mol. The number of fused-ring (bicyclic) bond motifs is 7. The van der Waals surface area contributed by atoms with Crippen LogP contribution in [0.15, 0.2) is 170 Å². The van der Waals surface area contributed by atoms with Crippen LogP contribution in [0.5, 0.6) is 0 Å². The zero-order valence-electron chi connectivity index (χ0n) is 32.8. The molecular weight excluding hydrogens is 737 g/mol. The largest absolute Gasteiger partial charge is 0.307 e. The minimum Gasteiger partial charge on any atom is -0.307 e. The Morgan fingerprint density at radius 2 is 0.787 bits per heavy atom. The summed E-state index contributed by atoms with van der Waals surface area (Å²) >= 11 is 0. The summed E-state index contributed by atoms with van der Waals surface area (Å²) in [5.41, 5.74) is 10.9. The smallest absolute Gasteiger partial charge is 0.238 e. The molecule has 0 atom stereocenters. The Balaban J connectivity index is 1.27. The van der Waals surface area contributed by atoms with E-state index in [0.717, 1.165) is 77.1 Å². The van der Waals surface area contributed by atoms with E-state index in [0.29, 0.717) is 23.2 Å². The molecule has 0 saturated carbocycles. The second-order valence-electron chi connectivity index (χ2n) is 15.1. The molecular formula is C51H28B5N5. The summed E-state index contributed by atoms with van der Waals surface area (Å²) in [6, 6.07) is 57.9. The summed E-state index contributed by atoms with van der Waals surface area (Å²) < 4.78 is 4.52. The molecule has 0 aliphatic rings. The molecule has 3 aromatic heterocycles. The Kier molecular flexibility index (Phi) is 8.71. The van der Waals surface area contributed by atoms with Gasteiger partial charge in [0.05, 0.1) is 22.1 Å². The highest BCUT2D eigenvalue weighted by molar-refractivity contribution is 6.68. The van der Waals surface area contributed by atoms with Gasteiger partial charge in [-0.3, -0.25) is 4.57 Å². The first kappa shape index (κ1) is 36.8. The summed E-state index contributed by atoms with van der Waals surface area (Å²) in [7, 11) is 32.6. The number of benzene rings is 8. The third kappa shape index (κ3) is 5.81. The van der Waals surface area contributed by atoms with Crippen molar-refractivity contribution in [3.05, 3.63) is 170 Å². The molecule has 11 aromatic rings. The van der Waals surface area contributed by atoms with E-state index in [1.807, 2.05) is 84.9 Å². The SMILES string of the molecule is [B]c1c([B])c([B])c(-c2ccc(-n3c4ccccc4c4ccc5c6ccccc6n(-c6nc(-c7ccccc7)nc(-c7ccccc7)n6)c5c43)cc2-c2ccccc2)c([B])c1[B]. The molecule has 0 aliphatic carbocycles. The van der Waals surface area contributed by atoms with Gasteiger partial charge in [0.15, 0.2) is 11.6 Å². The van der Waals surface area contributed by atoms with Gasteiger partial charge in [-0.2, -0.15) is 9.97 Å². The number of aromatic nitrogens is 5. The molecule has 8 aromatic carbocycles. The predicted octanol–water partition coefficient (Wildman–Crippen LogP) is 6.70. The second kappa shape index (κ2) is 14.5. The molecule has 0 N–H and O–H groups in total. The maximum Gasteiger partial charge on any atom is 0.238 e. The van der Waals surface area contributed by atoms with E-state index in [4.69, 9.17) is 54.2 Å². The van der Waals surface area contributed by atoms with Crippen molar-refractivity contribution in [2.24, 2.45) is 0 Å². The molecule has 0 bridgehead atoms. The van der Waals surface area contributed by atoms with Crippen LogP contribution in [0.25, 0.3) is 100 Å². The molecule has 272 valence electrons. The van der Waals surface area contributed by atoms with Gasteiger partial charge in [-0.25, -0.2) is 4.98 Å². The van der Waals surface area contributed by atoms with Crippen LogP contribution in [0.1, 0.15) is 0 Å². The number of para-hydroxylation sites is 2. The Labute approximate surface area is 359 Å². The van der Waals surface area contributed by atoms with Crippen LogP contribution >= 0.6 is 0 Å². The van der Waals surface area contributed by atoms with Crippen LogP contribution in [-0.2, 0) is 0 Å². The van der Waals surface area contributed by atoms with Crippen LogP contribution in [0.2, 0.25) is 0 Å². The summed E-state index contributed by atoms with van der Waals surface area (Å²) in [4.78, 5) is 15.5. The number of nitrogens with zero attached hydrogens (tertiary/aromatic N) is 5. The van der Waals surface area contributed by atoms with Crippen molar-refractivity contribution in [1.82, 2.24) is 24.1 Å². The van der Waals surface area contributed by atoms with E-state index in [1.165, 1.54) is 0 Å². The van der Waals surface area contributed by atoms with E-state index >= 15 is 0 Å². The van der Waals surface area contributed by atoms with Gasteiger partial charge in [0, 0.05) is 38.4 Å². The summed E-state index contributed by atoms with van der Waals surface area (Å²) in [6.45, 7) is 0. The molecule has 10 heteroatoms. The molecule has 11 rings (SSSR count). The highest BCUT2D eigenvalue weighted by atomic mass is 15.2. The van der Waals surface area contributed by atoms with E-state index < -0.39 is 0 Å². The van der Waals surface area contributed by atoms with Gasteiger partial charge in [0.2, 0.25) is 5.95 Å². The molecule has 10 radical (unpaired) electrons. The number of rotatable bonds is 6. The van der Waals surface area contributed by atoms with Gasteiger partial charge in [-0.05, 0) is 46.5 Å². The van der Waals surface area contributed by atoms with Gasteiger partial charge < -0.3 is 4.57 Å². The van der Waals surface area contributed by atoms with Crippen molar-refractivity contribution >= 4 is 110 Å². The fourth-order valence-electron chi connectivity index (χ4n) is 8.76. The predicted molar refractivity (Wildman–Crippen MR) is 257 cm³/mol. The normalized spacial score (nSPS) is 11.6. The maximum absolute atomic E-state index is 6.72. The Morgan fingerprint density at radius 3 is 1.33 bits per heavy atom. The third-order valence-electron chi connectivity index (χ3n) is 11.7. The van der Waals surface area contributed by atoms with E-state index in [1.54, 1.807) is 0 Å². The van der Waals surface area contributed by atoms with Crippen LogP contribution < -0.4 is 27.3 Å². The van der Waals surface area contributed by atoms with E-state index in [-0.39, 0.29) is 27.3 Å². The molecule has 0 amide bonds. The van der Waals surface area contributed by atoms with Gasteiger partial charge in [-0.15, -0.1) is 16.4 Å². The van der Waals surface area contributed by atoms with Crippen molar-refractivity contribution in [3.63, 3.8) is 0 Å². The molecule has 0 spiro atoms. The first-order valence-corrected chi connectivity index (χ1v) is 19.9. The van der Waals surface area contributed by atoms with E-state index in [9.17, 15) is 0 Å². The van der Waals surface area contributed by atoms with Gasteiger partial charge in [-0.1, -0.05) is 157 Å². The first-order chi connectivity index (χ1) is 29.9.